The summed E-state index contributed by atoms with van der Waals surface area (Å²) in [5.41, 5.74) is 0. The van der Waals surface area contributed by atoms with E-state index in [1.807, 2.05) is 6.92 Å². The summed E-state index contributed by atoms with van der Waals surface area (Å²) in [5.74, 6) is 2.46. The van der Waals surface area contributed by atoms with Gasteiger partial charge in [0.05, 0.1) is 6.04 Å². The van der Waals surface area contributed by atoms with Crippen molar-refractivity contribution in [3.05, 3.63) is 11.6 Å². The van der Waals surface area contributed by atoms with Gasteiger partial charge in [-0.15, -0.1) is 0 Å². The average Bonchev–Trinajstić information content (AvgIpc) is 2.58. The van der Waals surface area contributed by atoms with Crippen molar-refractivity contribution in [2.24, 2.45) is 5.92 Å². The van der Waals surface area contributed by atoms with Crippen LogP contribution in [0.2, 0.25) is 0 Å². The van der Waals surface area contributed by atoms with E-state index in [0.29, 0.717) is 12.0 Å². The summed E-state index contributed by atoms with van der Waals surface area (Å²) >= 11 is 0. The molecule has 0 aliphatic carbocycles. The number of hydrogen-bond acceptors (Lipinski definition) is 3. The van der Waals surface area contributed by atoms with Crippen LogP contribution in [0.5, 0.6) is 0 Å². The van der Waals surface area contributed by atoms with E-state index < -0.39 is 0 Å². The predicted octanol–water partition coefficient (Wildman–Crippen LogP) is 0.784. The predicted molar refractivity (Wildman–Crippen MR) is 45.6 cm³/mol. The van der Waals surface area contributed by atoms with Crippen LogP contribution < -0.4 is 5.32 Å². The standard InChI is InChI=1S/C8H14N4/c1-5-3-4-9-7(5)8-10-6(2)11-12-8/h5,7,9H,3-4H2,1-2H3,(H,10,11,12). The maximum absolute atomic E-state index is 4.31. The monoisotopic (exact) mass is 166 g/mol. The van der Waals surface area contributed by atoms with Gasteiger partial charge in [0, 0.05) is 0 Å². The van der Waals surface area contributed by atoms with E-state index >= 15 is 0 Å². The lowest BCUT2D eigenvalue weighted by Crippen LogP contribution is -2.17. The molecule has 2 N–H and O–H groups in total. The second-order valence-corrected chi connectivity index (χ2v) is 3.48. The first-order chi connectivity index (χ1) is 5.77. The van der Waals surface area contributed by atoms with Crippen molar-refractivity contribution in [1.82, 2.24) is 20.5 Å². The Kier molecular flexibility index (Phi) is 1.84. The van der Waals surface area contributed by atoms with E-state index in [1.165, 1.54) is 6.42 Å². The molecule has 0 bridgehead atoms. The van der Waals surface area contributed by atoms with Gasteiger partial charge < -0.3 is 5.32 Å². The number of nitrogens with zero attached hydrogens (tertiary/aromatic N) is 2. The summed E-state index contributed by atoms with van der Waals surface area (Å²) in [4.78, 5) is 4.31. The van der Waals surface area contributed by atoms with Crippen LogP contribution in [-0.4, -0.2) is 21.7 Å². The number of aryl methyl sites for hydroxylation is 1. The molecule has 0 amide bonds. The number of aromatic amines is 1. The summed E-state index contributed by atoms with van der Waals surface area (Å²) in [6.07, 6.45) is 1.22. The molecule has 2 rings (SSSR count). The molecule has 2 atom stereocenters. The van der Waals surface area contributed by atoms with Crippen molar-refractivity contribution in [2.75, 3.05) is 6.54 Å². The van der Waals surface area contributed by atoms with Crippen LogP contribution in [0.4, 0.5) is 0 Å². The Morgan fingerprint density at radius 3 is 2.83 bits per heavy atom. The minimum Gasteiger partial charge on any atom is -0.307 e. The van der Waals surface area contributed by atoms with E-state index in [1.54, 1.807) is 0 Å². The van der Waals surface area contributed by atoms with Gasteiger partial charge in [-0.2, -0.15) is 5.10 Å². The number of H-pyrrole nitrogens is 1. The Morgan fingerprint density at radius 2 is 2.33 bits per heavy atom. The fourth-order valence-electron chi connectivity index (χ4n) is 1.68. The van der Waals surface area contributed by atoms with Gasteiger partial charge in [0.25, 0.3) is 0 Å². The first-order valence-electron chi connectivity index (χ1n) is 4.39. The van der Waals surface area contributed by atoms with Gasteiger partial charge in [-0.25, -0.2) is 4.98 Å². The van der Waals surface area contributed by atoms with Crippen molar-refractivity contribution in [3.8, 4) is 0 Å². The fourth-order valence-corrected chi connectivity index (χ4v) is 1.68. The van der Waals surface area contributed by atoms with E-state index in [9.17, 15) is 0 Å². The number of nitrogens with one attached hydrogen (secondary N) is 2. The highest BCUT2D eigenvalue weighted by Crippen LogP contribution is 2.26. The van der Waals surface area contributed by atoms with E-state index in [4.69, 9.17) is 0 Å². The molecule has 1 saturated heterocycles. The molecule has 1 fully saturated rings. The molecule has 4 nitrogen and oxygen atoms in total. The van der Waals surface area contributed by atoms with Gasteiger partial charge >= 0.3 is 0 Å². The highest BCUT2D eigenvalue weighted by Gasteiger charge is 2.27. The SMILES string of the molecule is Cc1nc(C2NCCC2C)n[nH]1. The van der Waals surface area contributed by atoms with Gasteiger partial charge in [-0.3, -0.25) is 5.10 Å². The maximum Gasteiger partial charge on any atom is 0.167 e. The molecule has 0 saturated carbocycles. The molecule has 2 unspecified atom stereocenters. The molecule has 1 aliphatic heterocycles. The molecule has 12 heavy (non-hydrogen) atoms. The quantitative estimate of drug-likeness (QED) is 0.648. The molecule has 2 heterocycles. The lowest BCUT2D eigenvalue weighted by molar-refractivity contribution is 0.481. The van der Waals surface area contributed by atoms with Gasteiger partial charge in [-0.05, 0) is 25.8 Å². The smallest absolute Gasteiger partial charge is 0.167 e. The molecular formula is C8H14N4. The Morgan fingerprint density at radius 1 is 1.50 bits per heavy atom. The zero-order valence-electron chi connectivity index (χ0n) is 7.46. The molecule has 1 aromatic heterocycles. The Bertz CT molecular complexity index is 268. The Balaban J connectivity index is 2.19. The number of rotatable bonds is 1. The largest absolute Gasteiger partial charge is 0.307 e. The van der Waals surface area contributed by atoms with Crippen molar-refractivity contribution in [1.29, 1.82) is 0 Å². The highest BCUT2D eigenvalue weighted by molar-refractivity contribution is 5.00. The maximum atomic E-state index is 4.31. The molecule has 0 radical (unpaired) electrons. The first kappa shape index (κ1) is 7.73. The second-order valence-electron chi connectivity index (χ2n) is 3.48. The highest BCUT2D eigenvalue weighted by atomic mass is 15.2. The van der Waals surface area contributed by atoms with Crippen LogP contribution in [0.1, 0.15) is 31.0 Å². The van der Waals surface area contributed by atoms with Crippen molar-refractivity contribution >= 4 is 0 Å². The van der Waals surface area contributed by atoms with E-state index in [0.717, 1.165) is 18.2 Å². The summed E-state index contributed by atoms with van der Waals surface area (Å²) in [5, 5.41) is 10.4. The summed E-state index contributed by atoms with van der Waals surface area (Å²) < 4.78 is 0. The van der Waals surface area contributed by atoms with Gasteiger partial charge in [0.1, 0.15) is 5.82 Å². The van der Waals surface area contributed by atoms with Gasteiger partial charge in [0.2, 0.25) is 0 Å². The molecule has 0 aromatic carbocycles. The molecule has 1 aromatic rings. The molecular weight excluding hydrogens is 152 g/mol. The third-order valence-corrected chi connectivity index (χ3v) is 2.43. The zero-order chi connectivity index (χ0) is 8.55. The van der Waals surface area contributed by atoms with Crippen LogP contribution in [-0.2, 0) is 0 Å². The van der Waals surface area contributed by atoms with Gasteiger partial charge in [-0.1, -0.05) is 6.92 Å². The molecule has 66 valence electrons. The van der Waals surface area contributed by atoms with Gasteiger partial charge in [0.15, 0.2) is 5.82 Å². The number of aromatic nitrogens is 3. The van der Waals surface area contributed by atoms with Crippen LogP contribution in [0, 0.1) is 12.8 Å². The summed E-state index contributed by atoms with van der Waals surface area (Å²) in [7, 11) is 0. The third-order valence-electron chi connectivity index (χ3n) is 2.43. The molecule has 0 spiro atoms. The Labute approximate surface area is 71.8 Å². The minimum atomic E-state index is 0.356. The zero-order valence-corrected chi connectivity index (χ0v) is 7.46. The van der Waals surface area contributed by atoms with Crippen molar-refractivity contribution in [3.63, 3.8) is 0 Å². The lowest BCUT2D eigenvalue weighted by Gasteiger charge is -2.10. The third kappa shape index (κ3) is 1.22. The van der Waals surface area contributed by atoms with Crippen LogP contribution in [0.3, 0.4) is 0 Å². The van der Waals surface area contributed by atoms with Crippen LogP contribution >= 0.6 is 0 Å². The minimum absolute atomic E-state index is 0.356. The first-order valence-corrected chi connectivity index (χ1v) is 4.39. The second kappa shape index (κ2) is 2.86. The van der Waals surface area contributed by atoms with E-state index in [-0.39, 0.29) is 0 Å². The van der Waals surface area contributed by atoms with Crippen LogP contribution in [0.25, 0.3) is 0 Å². The topological polar surface area (TPSA) is 53.6 Å². The van der Waals surface area contributed by atoms with Crippen molar-refractivity contribution in [2.45, 2.75) is 26.3 Å². The Hall–Kier alpha value is -0.900. The van der Waals surface area contributed by atoms with E-state index in [2.05, 4.69) is 27.4 Å². The summed E-state index contributed by atoms with van der Waals surface area (Å²) in [6.45, 7) is 5.24. The molecule has 1 aliphatic rings. The average molecular weight is 166 g/mol. The van der Waals surface area contributed by atoms with Crippen molar-refractivity contribution < 1.29 is 0 Å². The number of hydrogen-bond donors (Lipinski definition) is 2. The van der Waals surface area contributed by atoms with Crippen LogP contribution in [0.15, 0.2) is 0 Å². The lowest BCUT2D eigenvalue weighted by atomic mass is 10.0. The normalized spacial score (nSPS) is 29.5. The summed E-state index contributed by atoms with van der Waals surface area (Å²) in [6, 6.07) is 0.356. The molecule has 4 heteroatoms. The fraction of sp³-hybridized carbons (Fsp3) is 0.750.